The van der Waals surface area contributed by atoms with Gasteiger partial charge in [0.25, 0.3) is 0 Å². The van der Waals surface area contributed by atoms with Crippen LogP contribution in [-0.4, -0.2) is 46.9 Å². The molecular weight excluding hydrogens is 326 g/mol. The molecule has 1 N–H and O–H groups in total. The van der Waals surface area contributed by atoms with Gasteiger partial charge in [-0.05, 0) is 24.6 Å². The number of aliphatic carboxylic acids is 1. The average molecular weight is 343 g/mol. The second-order valence-electron chi connectivity index (χ2n) is 6.99. The lowest BCUT2D eigenvalue weighted by Gasteiger charge is -2.27. The predicted molar refractivity (Wildman–Crippen MR) is 84.1 cm³/mol. The van der Waals surface area contributed by atoms with Crippen molar-refractivity contribution in [2.75, 3.05) is 13.3 Å². The second-order valence-corrected chi connectivity index (χ2v) is 6.99. The molecule has 1 spiro atoms. The van der Waals surface area contributed by atoms with Gasteiger partial charge in [0.15, 0.2) is 11.5 Å². The standard InChI is InChI=1S/C18H17NO6/c1-9(10-2-3-11-13(6-10)24-8-23-11)19-7-18-5-4-12(25-18)14(17(21)22)15(18)16(19)20/h2-6,9,12,14-15H,7-8H2,1H3,(H,21,22)/t9-,12-,14-,15-,18-/m1/s1. The van der Waals surface area contributed by atoms with Crippen LogP contribution in [0.5, 0.6) is 11.5 Å². The van der Waals surface area contributed by atoms with Crippen molar-refractivity contribution in [1.29, 1.82) is 0 Å². The number of nitrogens with zero attached hydrogens (tertiary/aromatic N) is 1. The molecule has 0 unspecified atom stereocenters. The van der Waals surface area contributed by atoms with Crippen LogP contribution in [0, 0.1) is 11.8 Å². The van der Waals surface area contributed by atoms with Crippen LogP contribution in [0.3, 0.4) is 0 Å². The number of benzene rings is 1. The zero-order valence-electron chi connectivity index (χ0n) is 13.5. The molecule has 0 saturated carbocycles. The third-order valence-corrected chi connectivity index (χ3v) is 5.76. The molecule has 1 aromatic carbocycles. The van der Waals surface area contributed by atoms with Crippen LogP contribution >= 0.6 is 0 Å². The summed E-state index contributed by atoms with van der Waals surface area (Å²) in [6, 6.07) is 5.39. The van der Waals surface area contributed by atoms with Gasteiger partial charge in [0.05, 0.1) is 24.6 Å². The Hall–Kier alpha value is -2.54. The van der Waals surface area contributed by atoms with Crippen LogP contribution in [-0.2, 0) is 14.3 Å². The molecule has 0 aliphatic carbocycles. The van der Waals surface area contributed by atoms with E-state index >= 15 is 0 Å². The Bertz CT molecular complexity index is 820. The molecule has 5 atom stereocenters. The Labute approximate surface area is 143 Å². The van der Waals surface area contributed by atoms with E-state index in [9.17, 15) is 14.7 Å². The highest BCUT2D eigenvalue weighted by Gasteiger charge is 2.67. The first-order valence-corrected chi connectivity index (χ1v) is 8.30. The first-order chi connectivity index (χ1) is 12.0. The van der Waals surface area contributed by atoms with Crippen molar-refractivity contribution in [1.82, 2.24) is 4.90 Å². The third-order valence-electron chi connectivity index (χ3n) is 5.76. The summed E-state index contributed by atoms with van der Waals surface area (Å²) in [6.07, 6.45) is 3.14. The van der Waals surface area contributed by atoms with E-state index in [0.29, 0.717) is 18.0 Å². The number of hydrogen-bond donors (Lipinski definition) is 1. The van der Waals surface area contributed by atoms with Crippen LogP contribution in [0.15, 0.2) is 30.4 Å². The summed E-state index contributed by atoms with van der Waals surface area (Å²) in [5.41, 5.74) is 0.106. The predicted octanol–water partition coefficient (Wildman–Crippen LogP) is 1.34. The fourth-order valence-corrected chi connectivity index (χ4v) is 4.49. The van der Waals surface area contributed by atoms with Gasteiger partial charge in [0.2, 0.25) is 12.7 Å². The monoisotopic (exact) mass is 343 g/mol. The van der Waals surface area contributed by atoms with E-state index in [2.05, 4.69) is 0 Å². The molecular formula is C18H17NO6. The van der Waals surface area contributed by atoms with Crippen molar-refractivity contribution in [3.8, 4) is 11.5 Å². The highest BCUT2D eigenvalue weighted by molar-refractivity contribution is 5.91. The molecule has 2 bridgehead atoms. The minimum Gasteiger partial charge on any atom is -0.481 e. The highest BCUT2D eigenvalue weighted by atomic mass is 16.7. The summed E-state index contributed by atoms with van der Waals surface area (Å²) < 4.78 is 16.7. The molecule has 1 aromatic rings. The zero-order chi connectivity index (χ0) is 17.3. The van der Waals surface area contributed by atoms with Crippen LogP contribution in [0.1, 0.15) is 18.5 Å². The van der Waals surface area contributed by atoms with E-state index in [1.165, 1.54) is 0 Å². The van der Waals surface area contributed by atoms with Gasteiger partial charge in [-0.15, -0.1) is 0 Å². The number of amides is 1. The zero-order valence-corrected chi connectivity index (χ0v) is 13.5. The Morgan fingerprint density at radius 2 is 2.16 bits per heavy atom. The molecule has 7 heteroatoms. The molecule has 2 saturated heterocycles. The van der Waals surface area contributed by atoms with Gasteiger partial charge in [-0.1, -0.05) is 18.2 Å². The van der Waals surface area contributed by atoms with Gasteiger partial charge < -0.3 is 24.2 Å². The fraction of sp³-hybridized carbons (Fsp3) is 0.444. The molecule has 2 fully saturated rings. The minimum absolute atomic E-state index is 0.163. The second kappa shape index (κ2) is 4.76. The number of likely N-dealkylation sites (tertiary alicyclic amines) is 1. The number of fused-ring (bicyclic) bond motifs is 2. The number of carboxylic acids is 1. The van der Waals surface area contributed by atoms with Crippen molar-refractivity contribution in [2.24, 2.45) is 11.8 Å². The topological polar surface area (TPSA) is 85.3 Å². The summed E-state index contributed by atoms with van der Waals surface area (Å²) in [6.45, 7) is 2.49. The Morgan fingerprint density at radius 3 is 2.96 bits per heavy atom. The molecule has 5 rings (SSSR count). The van der Waals surface area contributed by atoms with Crippen molar-refractivity contribution in [3.05, 3.63) is 35.9 Å². The van der Waals surface area contributed by atoms with Gasteiger partial charge in [0, 0.05) is 0 Å². The summed E-state index contributed by atoms with van der Waals surface area (Å²) in [5, 5.41) is 9.53. The molecule has 7 nitrogen and oxygen atoms in total. The maximum Gasteiger partial charge on any atom is 0.310 e. The molecule has 130 valence electrons. The first-order valence-electron chi connectivity index (χ1n) is 8.30. The normalized spacial score (nSPS) is 35.3. The van der Waals surface area contributed by atoms with E-state index in [1.807, 2.05) is 31.2 Å². The minimum atomic E-state index is -0.979. The smallest absolute Gasteiger partial charge is 0.310 e. The average Bonchev–Trinajstić information content (AvgIpc) is 3.33. The van der Waals surface area contributed by atoms with Crippen molar-refractivity contribution in [2.45, 2.75) is 24.7 Å². The fourth-order valence-electron chi connectivity index (χ4n) is 4.49. The molecule has 25 heavy (non-hydrogen) atoms. The van der Waals surface area contributed by atoms with Gasteiger partial charge in [-0.3, -0.25) is 9.59 Å². The van der Waals surface area contributed by atoms with Crippen molar-refractivity contribution < 1.29 is 28.9 Å². The summed E-state index contributed by atoms with van der Waals surface area (Å²) in [5.74, 6) is -1.26. The molecule has 0 radical (unpaired) electrons. The summed E-state index contributed by atoms with van der Waals surface area (Å²) in [7, 11) is 0. The van der Waals surface area contributed by atoms with Gasteiger partial charge in [-0.2, -0.15) is 0 Å². The number of carboxylic acid groups (broad SMARTS) is 1. The molecule has 4 aliphatic heterocycles. The molecule has 0 aromatic heterocycles. The van der Waals surface area contributed by atoms with Crippen LogP contribution in [0.2, 0.25) is 0 Å². The lowest BCUT2D eigenvalue weighted by Crippen LogP contribution is -2.39. The number of ether oxygens (including phenoxy) is 3. The third kappa shape index (κ3) is 1.84. The molecule has 4 aliphatic rings. The number of carbonyl (C=O) groups is 2. The van der Waals surface area contributed by atoms with E-state index in [1.54, 1.807) is 11.0 Å². The van der Waals surface area contributed by atoms with Gasteiger partial charge >= 0.3 is 5.97 Å². The van der Waals surface area contributed by atoms with E-state index < -0.39 is 29.5 Å². The highest BCUT2D eigenvalue weighted by Crippen LogP contribution is 2.53. The Kier molecular flexibility index (Phi) is 2.81. The maximum atomic E-state index is 13.0. The van der Waals surface area contributed by atoms with Gasteiger partial charge in [0.1, 0.15) is 11.5 Å². The van der Waals surface area contributed by atoms with Crippen LogP contribution < -0.4 is 9.47 Å². The maximum absolute atomic E-state index is 13.0. The SMILES string of the molecule is C[C@H](c1ccc2c(c1)OCO2)N1C[C@@]23C=C[C@@H](O2)[C@@H](C(=O)O)[C@@H]3C1=O. The lowest BCUT2D eigenvalue weighted by atomic mass is 9.77. The van der Waals surface area contributed by atoms with Crippen molar-refractivity contribution in [3.63, 3.8) is 0 Å². The van der Waals surface area contributed by atoms with E-state index in [4.69, 9.17) is 14.2 Å². The van der Waals surface area contributed by atoms with Crippen LogP contribution in [0.25, 0.3) is 0 Å². The van der Waals surface area contributed by atoms with E-state index in [-0.39, 0.29) is 18.7 Å². The largest absolute Gasteiger partial charge is 0.481 e. The molecule has 1 amide bonds. The molecule has 4 heterocycles. The Balaban J connectivity index is 1.47. The lowest BCUT2D eigenvalue weighted by molar-refractivity contribution is -0.148. The first kappa shape index (κ1) is 14.8. The number of carbonyl (C=O) groups excluding carboxylic acids is 1. The number of rotatable bonds is 3. The van der Waals surface area contributed by atoms with Gasteiger partial charge in [-0.25, -0.2) is 0 Å². The summed E-state index contributed by atoms with van der Waals surface area (Å²) in [4.78, 5) is 26.4. The van der Waals surface area contributed by atoms with E-state index in [0.717, 1.165) is 5.56 Å². The quantitative estimate of drug-likeness (QED) is 0.834. The number of hydrogen-bond acceptors (Lipinski definition) is 5. The Morgan fingerprint density at radius 1 is 1.36 bits per heavy atom. The van der Waals surface area contributed by atoms with Crippen LogP contribution in [0.4, 0.5) is 0 Å². The summed E-state index contributed by atoms with van der Waals surface area (Å²) >= 11 is 0. The van der Waals surface area contributed by atoms with Crippen molar-refractivity contribution >= 4 is 11.9 Å².